The van der Waals surface area contributed by atoms with Crippen LogP contribution in [0.3, 0.4) is 0 Å². The highest BCUT2D eigenvalue weighted by atomic mass is 19.1. The Morgan fingerprint density at radius 1 is 1.60 bits per heavy atom. The second-order valence-electron chi connectivity index (χ2n) is 1.76. The van der Waals surface area contributed by atoms with Gasteiger partial charge in [0.15, 0.2) is 5.83 Å². The number of methoxy groups -OCH3 is 1. The molecule has 0 aliphatic heterocycles. The topological polar surface area (TPSA) is 21.6 Å². The quantitative estimate of drug-likeness (QED) is 0.336. The third-order valence-corrected chi connectivity index (χ3v) is 0.899. The molecule has 0 atom stereocenters. The van der Waals surface area contributed by atoms with E-state index in [1.807, 2.05) is 0 Å². The molecule has 0 saturated heterocycles. The summed E-state index contributed by atoms with van der Waals surface area (Å²) in [6, 6.07) is 0. The van der Waals surface area contributed by atoms with E-state index >= 15 is 0 Å². The Morgan fingerprint density at radius 3 is 2.20 bits per heavy atom. The first-order chi connectivity index (χ1) is 4.63. The fourth-order valence-electron chi connectivity index (χ4n) is 0.406. The monoisotopic (exact) mass is 143 g/mol. The molecule has 0 amide bonds. The summed E-state index contributed by atoms with van der Waals surface area (Å²) < 4.78 is 17.2. The highest BCUT2D eigenvalue weighted by Gasteiger charge is 2.03. The number of allylic oxidation sites excluding steroid dienone is 2. The fourth-order valence-corrected chi connectivity index (χ4v) is 0.406. The largest absolute Gasteiger partial charge is 0.479 e. The van der Waals surface area contributed by atoms with Gasteiger partial charge in [-0.15, -0.1) is 0 Å². The van der Waals surface area contributed by atoms with Crippen molar-refractivity contribution in [3.8, 4) is 0 Å². The van der Waals surface area contributed by atoms with E-state index in [2.05, 4.69) is 23.0 Å². The van der Waals surface area contributed by atoms with E-state index < -0.39 is 5.83 Å². The van der Waals surface area contributed by atoms with Crippen LogP contribution in [0.2, 0.25) is 0 Å². The molecule has 0 fully saturated rings. The van der Waals surface area contributed by atoms with Crippen LogP contribution in [0, 0.1) is 0 Å². The average molecular weight is 143 g/mol. The van der Waals surface area contributed by atoms with E-state index in [4.69, 9.17) is 0 Å². The summed E-state index contributed by atoms with van der Waals surface area (Å²) in [4.78, 5) is 3.30. The summed E-state index contributed by atoms with van der Waals surface area (Å²) in [5, 5.41) is 0. The molecule has 3 heteroatoms. The van der Waals surface area contributed by atoms with Gasteiger partial charge >= 0.3 is 0 Å². The lowest BCUT2D eigenvalue weighted by molar-refractivity contribution is 0.274. The standard InChI is InChI=1S/C7H10FNO/c1-5(2)6(8)7(9-3)10-4/h1,3H2,2,4H3/b7-6-. The molecule has 0 aliphatic rings. The maximum Gasteiger partial charge on any atom is 0.249 e. The Bertz CT molecular complexity index is 184. The average Bonchev–Trinajstić information content (AvgIpc) is 1.90. The minimum absolute atomic E-state index is 0.118. The lowest BCUT2D eigenvalue weighted by Gasteiger charge is -2.00. The van der Waals surface area contributed by atoms with Crippen molar-refractivity contribution in [2.75, 3.05) is 7.11 Å². The molecule has 0 bridgehead atoms. The first kappa shape index (κ1) is 8.88. The number of ether oxygens (including phenoxy) is 1. The summed E-state index contributed by atoms with van der Waals surface area (Å²) in [5.41, 5.74) is 0.282. The first-order valence-electron chi connectivity index (χ1n) is 2.69. The van der Waals surface area contributed by atoms with Crippen molar-refractivity contribution in [2.45, 2.75) is 6.92 Å². The molecule has 0 aliphatic carbocycles. The Labute approximate surface area is 59.7 Å². The van der Waals surface area contributed by atoms with Gasteiger partial charge in [0.1, 0.15) is 0 Å². The van der Waals surface area contributed by atoms with Gasteiger partial charge in [-0.3, -0.25) is 0 Å². The van der Waals surface area contributed by atoms with Gasteiger partial charge < -0.3 is 4.74 Å². The summed E-state index contributed by atoms with van der Waals surface area (Å²) in [6.45, 7) is 8.02. The molecule has 2 nitrogen and oxygen atoms in total. The third kappa shape index (κ3) is 2.01. The van der Waals surface area contributed by atoms with Gasteiger partial charge in [0, 0.05) is 0 Å². The molecule has 0 aromatic rings. The van der Waals surface area contributed by atoms with Crippen LogP contribution >= 0.6 is 0 Å². The van der Waals surface area contributed by atoms with Gasteiger partial charge in [-0.25, -0.2) is 9.38 Å². The Morgan fingerprint density at radius 2 is 2.10 bits per heavy atom. The predicted octanol–water partition coefficient (Wildman–Crippen LogP) is 2.05. The van der Waals surface area contributed by atoms with Crippen LogP contribution in [0.1, 0.15) is 6.92 Å². The summed E-state index contributed by atoms with van der Waals surface area (Å²) in [5.74, 6) is -0.676. The van der Waals surface area contributed by atoms with Crippen LogP contribution in [0.25, 0.3) is 0 Å². The van der Waals surface area contributed by atoms with Crippen molar-refractivity contribution < 1.29 is 9.13 Å². The van der Waals surface area contributed by atoms with Gasteiger partial charge in [-0.2, -0.15) is 0 Å². The van der Waals surface area contributed by atoms with Crippen LogP contribution in [-0.4, -0.2) is 13.8 Å². The molecular weight excluding hydrogens is 133 g/mol. The van der Waals surface area contributed by atoms with Gasteiger partial charge in [-0.1, -0.05) is 6.58 Å². The maximum absolute atomic E-state index is 12.7. The van der Waals surface area contributed by atoms with Crippen molar-refractivity contribution in [3.63, 3.8) is 0 Å². The van der Waals surface area contributed by atoms with Crippen molar-refractivity contribution in [1.82, 2.24) is 0 Å². The van der Waals surface area contributed by atoms with E-state index in [9.17, 15) is 4.39 Å². The maximum atomic E-state index is 12.7. The van der Waals surface area contributed by atoms with Crippen molar-refractivity contribution in [1.29, 1.82) is 0 Å². The van der Waals surface area contributed by atoms with Crippen molar-refractivity contribution >= 4 is 6.72 Å². The van der Waals surface area contributed by atoms with E-state index in [-0.39, 0.29) is 11.5 Å². The van der Waals surface area contributed by atoms with E-state index in [0.29, 0.717) is 0 Å². The minimum atomic E-state index is -0.558. The van der Waals surface area contributed by atoms with Gasteiger partial charge in [0.25, 0.3) is 0 Å². The highest BCUT2D eigenvalue weighted by molar-refractivity contribution is 5.31. The first-order valence-corrected chi connectivity index (χ1v) is 2.69. The molecular formula is C7H10FNO. The third-order valence-electron chi connectivity index (χ3n) is 0.899. The van der Waals surface area contributed by atoms with Gasteiger partial charge in [0.05, 0.1) is 7.11 Å². The minimum Gasteiger partial charge on any atom is -0.479 e. The van der Waals surface area contributed by atoms with Crippen LogP contribution < -0.4 is 0 Å². The smallest absolute Gasteiger partial charge is 0.249 e. The second kappa shape index (κ2) is 3.82. The Kier molecular flexibility index (Phi) is 3.39. The number of hydrogen-bond acceptors (Lipinski definition) is 2. The molecule has 10 heavy (non-hydrogen) atoms. The zero-order valence-corrected chi connectivity index (χ0v) is 6.15. The molecule has 0 aromatic carbocycles. The van der Waals surface area contributed by atoms with E-state index in [1.165, 1.54) is 14.0 Å². The number of aliphatic imine (C=N–C) groups is 1. The van der Waals surface area contributed by atoms with Gasteiger partial charge in [-0.05, 0) is 19.2 Å². The number of nitrogens with zero attached hydrogens (tertiary/aromatic N) is 1. The SMILES string of the molecule is C=N/C(OC)=C(/F)C(=C)C. The molecule has 0 heterocycles. The molecule has 0 aromatic heterocycles. The second-order valence-corrected chi connectivity index (χ2v) is 1.76. The van der Waals surface area contributed by atoms with Crippen LogP contribution in [0.15, 0.2) is 28.9 Å². The van der Waals surface area contributed by atoms with Crippen LogP contribution in [0.5, 0.6) is 0 Å². The van der Waals surface area contributed by atoms with Gasteiger partial charge in [0.2, 0.25) is 5.88 Å². The number of hydrogen-bond donors (Lipinski definition) is 0. The summed E-state index contributed by atoms with van der Waals surface area (Å²) >= 11 is 0. The van der Waals surface area contributed by atoms with E-state index in [0.717, 1.165) is 0 Å². The lowest BCUT2D eigenvalue weighted by Crippen LogP contribution is -1.87. The van der Waals surface area contributed by atoms with Crippen molar-refractivity contribution in [3.05, 3.63) is 23.9 Å². The van der Waals surface area contributed by atoms with Crippen molar-refractivity contribution in [2.24, 2.45) is 4.99 Å². The molecule has 56 valence electrons. The highest BCUT2D eigenvalue weighted by Crippen LogP contribution is 2.14. The Balaban J connectivity index is 4.59. The normalized spacial score (nSPS) is 11.9. The lowest BCUT2D eigenvalue weighted by atomic mass is 10.3. The molecule has 0 spiro atoms. The Hall–Kier alpha value is -1.12. The van der Waals surface area contributed by atoms with Crippen LogP contribution in [0.4, 0.5) is 4.39 Å². The number of rotatable bonds is 3. The fraction of sp³-hybridized carbons (Fsp3) is 0.286. The zero-order chi connectivity index (χ0) is 8.15. The molecule has 0 saturated carbocycles. The summed E-state index contributed by atoms with van der Waals surface area (Å²) in [7, 11) is 1.33. The molecule has 0 rings (SSSR count). The molecule has 0 radical (unpaired) electrons. The predicted molar refractivity (Wildman–Crippen MR) is 39.5 cm³/mol. The van der Waals surface area contributed by atoms with Crippen LogP contribution in [-0.2, 0) is 4.74 Å². The number of halogens is 1. The zero-order valence-electron chi connectivity index (χ0n) is 6.15. The molecule has 0 N–H and O–H groups in total. The summed E-state index contributed by atoms with van der Waals surface area (Å²) in [6.07, 6.45) is 0. The molecule has 0 unspecified atom stereocenters. The van der Waals surface area contributed by atoms with E-state index in [1.54, 1.807) is 0 Å².